The number of H-pyrrole nitrogens is 1. The molecule has 3 atom stereocenters. The lowest BCUT2D eigenvalue weighted by Gasteiger charge is -2.46. The van der Waals surface area contributed by atoms with Crippen LogP contribution in [0.5, 0.6) is 0 Å². The van der Waals surface area contributed by atoms with Gasteiger partial charge in [0.05, 0.1) is 19.3 Å². The highest BCUT2D eigenvalue weighted by atomic mass is 28.4. The van der Waals surface area contributed by atoms with E-state index >= 15 is 17.6 Å². The summed E-state index contributed by atoms with van der Waals surface area (Å²) in [4.78, 5) is 5.67. The van der Waals surface area contributed by atoms with Gasteiger partial charge >= 0.3 is 0 Å². The highest BCUT2D eigenvalue weighted by Crippen LogP contribution is 2.48. The fourth-order valence-electron chi connectivity index (χ4n) is 10.2. The van der Waals surface area contributed by atoms with Crippen LogP contribution >= 0.6 is 0 Å². The summed E-state index contributed by atoms with van der Waals surface area (Å²) < 4.78 is 86.6. The predicted octanol–water partition coefficient (Wildman–Crippen LogP) is 10.3. The molecule has 0 spiro atoms. The number of halogens is 5. The molecule has 1 fully saturated rings. The van der Waals surface area contributed by atoms with Crippen LogP contribution in [0, 0.1) is 23.6 Å². The molecule has 3 heterocycles. The van der Waals surface area contributed by atoms with E-state index in [1.165, 1.54) is 6.07 Å². The summed E-state index contributed by atoms with van der Waals surface area (Å²) in [5, 5.41) is 5.74. The molecule has 0 bridgehead atoms. The topological polar surface area (TPSA) is 40.3 Å². The molecule has 4 nitrogen and oxygen atoms in total. The summed E-state index contributed by atoms with van der Waals surface area (Å²) in [6, 6.07) is 39.1. The van der Waals surface area contributed by atoms with Gasteiger partial charge in [-0.05, 0) is 76.0 Å². The monoisotopic (exact) mass is 834 g/mol. The Kier molecular flexibility index (Phi) is 11.7. The first-order valence-corrected chi connectivity index (χ1v) is 22.9. The number of alkyl halides is 3. The minimum Gasteiger partial charge on any atom is -0.401 e. The van der Waals surface area contributed by atoms with Crippen LogP contribution in [0.25, 0.3) is 10.9 Å². The number of hydrogen-bond acceptors (Lipinski definition) is 3. The molecular weight excluding hydrogens is 782 g/mol. The van der Waals surface area contributed by atoms with Crippen molar-refractivity contribution in [3.8, 4) is 0 Å². The van der Waals surface area contributed by atoms with Crippen molar-refractivity contribution in [3.63, 3.8) is 0 Å². The van der Waals surface area contributed by atoms with Crippen molar-refractivity contribution in [1.29, 1.82) is 0 Å². The predicted molar refractivity (Wildman–Crippen MR) is 233 cm³/mol. The van der Waals surface area contributed by atoms with E-state index in [1.54, 1.807) is 13.0 Å². The normalized spacial score (nSPS) is 19.6. The minimum atomic E-state index is -3.31. The molecule has 2 N–H and O–H groups in total. The van der Waals surface area contributed by atoms with Crippen molar-refractivity contribution in [1.82, 2.24) is 15.2 Å². The standard InChI is InChI=1S/C50H53F5N3OSi/c1-48(2,3)60(37-19-10-6-11-20-37,38-21-12-7-13-22-38)59-33-50(54,55)32-49(4)29-41-39-23-14-15-24-43(39)56-46(41)47(57-49)45-40(27-36(52)28-42(45)53)44(34-17-8-5-9-18-34)35-30-58(31-35)26-16-25-51/h5-8,10-15,17-24,27-28,35,44,47,56-57H,16,25-26,29-33H2,1-4H3/t44-,47+,49+/m1/s1. The average Bonchev–Trinajstić information content (AvgIpc) is 3.57. The van der Waals surface area contributed by atoms with E-state index < -0.39 is 68.1 Å². The number of hydrogen-bond donors (Lipinski definition) is 2. The van der Waals surface area contributed by atoms with Crippen LogP contribution in [-0.4, -0.2) is 62.6 Å². The number of aromatic nitrogens is 1. The largest absolute Gasteiger partial charge is 0.401 e. The first-order chi connectivity index (χ1) is 28.7. The minimum absolute atomic E-state index is 0.0273. The van der Waals surface area contributed by atoms with Gasteiger partial charge in [-0.2, -0.15) is 0 Å². The molecule has 2 aliphatic heterocycles. The van der Waals surface area contributed by atoms with E-state index in [0.29, 0.717) is 37.3 Å². The lowest BCUT2D eigenvalue weighted by Crippen LogP contribution is -2.67. The van der Waals surface area contributed by atoms with E-state index in [0.717, 1.165) is 38.5 Å². The number of nitrogens with zero attached hydrogens (tertiary/aromatic N) is 1. The Labute approximate surface area is 351 Å². The Balaban J connectivity index is 1.19. The van der Waals surface area contributed by atoms with Gasteiger partial charge in [-0.25, -0.2) is 17.6 Å². The van der Waals surface area contributed by atoms with Crippen LogP contribution in [0.4, 0.5) is 22.0 Å². The van der Waals surface area contributed by atoms with Gasteiger partial charge in [-0.3, -0.25) is 9.71 Å². The van der Waals surface area contributed by atoms with E-state index in [4.69, 9.17) is 4.43 Å². The maximum absolute atomic E-state index is 17.1. The molecule has 6 aromatic rings. The molecule has 0 aliphatic carbocycles. The van der Waals surface area contributed by atoms with Gasteiger partial charge in [0, 0.05) is 65.7 Å². The van der Waals surface area contributed by atoms with Crippen molar-refractivity contribution < 1.29 is 26.4 Å². The van der Waals surface area contributed by atoms with Crippen molar-refractivity contribution in [2.75, 3.05) is 32.9 Å². The van der Waals surface area contributed by atoms with Crippen LogP contribution in [0.2, 0.25) is 5.04 Å². The fraction of sp³-hybridized carbons (Fsp3) is 0.360. The first-order valence-electron chi connectivity index (χ1n) is 21.0. The lowest BCUT2D eigenvalue weighted by atomic mass is 9.72. The van der Waals surface area contributed by atoms with Crippen molar-refractivity contribution in [3.05, 3.63) is 167 Å². The number of rotatable bonds is 14. The lowest BCUT2D eigenvalue weighted by molar-refractivity contribution is -0.0705. The van der Waals surface area contributed by atoms with Crippen LogP contribution in [0.1, 0.15) is 80.4 Å². The number of para-hydroxylation sites is 1. The molecule has 0 saturated carbocycles. The molecule has 1 radical (unpaired) electrons. The fourth-order valence-corrected chi connectivity index (χ4v) is 14.8. The number of likely N-dealkylation sites (tertiary alicyclic amines) is 1. The zero-order chi connectivity index (χ0) is 42.3. The van der Waals surface area contributed by atoms with Crippen LogP contribution in [-0.2, 0) is 10.8 Å². The number of aromatic amines is 1. The number of nitrogens with one attached hydrogen (secondary N) is 2. The molecule has 1 aromatic heterocycles. The Hall–Kier alpha value is -4.61. The molecule has 0 amide bonds. The maximum Gasteiger partial charge on any atom is 0.271 e. The maximum atomic E-state index is 17.1. The third-order valence-corrected chi connectivity index (χ3v) is 17.6. The van der Waals surface area contributed by atoms with Crippen LogP contribution < -0.4 is 15.7 Å². The van der Waals surface area contributed by atoms with Gasteiger partial charge in [0.1, 0.15) is 11.6 Å². The van der Waals surface area contributed by atoms with Gasteiger partial charge in [0.15, 0.2) is 0 Å². The second-order valence-corrected chi connectivity index (χ2v) is 22.4. The summed E-state index contributed by atoms with van der Waals surface area (Å²) in [6.07, 6.45) is 0.0473. The molecule has 60 heavy (non-hydrogen) atoms. The number of benzene rings is 5. The van der Waals surface area contributed by atoms with Crippen LogP contribution in [0.15, 0.2) is 121 Å². The summed E-state index contributed by atoms with van der Waals surface area (Å²) in [7, 11) is -3.30. The Morgan fingerprint density at radius 2 is 1.57 bits per heavy atom. The molecule has 0 unspecified atom stereocenters. The Morgan fingerprint density at radius 3 is 2.20 bits per heavy atom. The van der Waals surface area contributed by atoms with E-state index in [1.807, 2.05) is 103 Å². The van der Waals surface area contributed by atoms with Gasteiger partial charge in [-0.1, -0.05) is 124 Å². The quantitative estimate of drug-likeness (QED) is 0.0849. The van der Waals surface area contributed by atoms with Crippen molar-refractivity contribution in [2.24, 2.45) is 5.92 Å². The summed E-state index contributed by atoms with van der Waals surface area (Å²) in [5.74, 6) is -5.25. The summed E-state index contributed by atoms with van der Waals surface area (Å²) >= 11 is 0. The first kappa shape index (κ1) is 42.1. The molecule has 313 valence electrons. The second kappa shape index (κ2) is 16.7. The van der Waals surface area contributed by atoms with Crippen molar-refractivity contribution in [2.45, 2.75) is 75.4 Å². The summed E-state index contributed by atoms with van der Waals surface area (Å²) in [6.45, 7) is 8.58. The Bertz CT molecular complexity index is 2360. The molecule has 2 aliphatic rings. The second-order valence-electron chi connectivity index (χ2n) is 18.1. The molecule has 8 rings (SSSR count). The highest BCUT2D eigenvalue weighted by molar-refractivity contribution is 6.99. The SMILES string of the molecule is CC(C)(C)[Si](OCC(F)(F)C[C@]1(C)Cc2c([nH]c3ccccc23)[C@H](c2c(F)cc(F)cc2[C@H](c2c[c]ccc2)C2CN(CCCF)C2)N1)(c1ccccc1)c1ccccc1. The third-order valence-electron chi connectivity index (χ3n) is 12.7. The van der Waals surface area contributed by atoms with E-state index in [2.05, 4.69) is 42.0 Å². The molecule has 10 heteroatoms. The van der Waals surface area contributed by atoms with Crippen LogP contribution in [0.3, 0.4) is 0 Å². The third kappa shape index (κ3) is 8.11. The zero-order valence-corrected chi connectivity index (χ0v) is 35.7. The number of fused-ring (bicyclic) bond motifs is 3. The van der Waals surface area contributed by atoms with Gasteiger partial charge < -0.3 is 14.3 Å². The molecule has 1 saturated heterocycles. The molecular formula is C50H53F5N3OSi. The van der Waals surface area contributed by atoms with Gasteiger partial charge in [0.2, 0.25) is 0 Å². The average molecular weight is 835 g/mol. The van der Waals surface area contributed by atoms with Gasteiger partial charge in [0.25, 0.3) is 14.2 Å². The Morgan fingerprint density at radius 1 is 0.900 bits per heavy atom. The van der Waals surface area contributed by atoms with Crippen molar-refractivity contribution >= 4 is 29.6 Å². The van der Waals surface area contributed by atoms with E-state index in [-0.39, 0.29) is 17.9 Å². The molecule has 5 aromatic carbocycles. The highest BCUT2D eigenvalue weighted by Gasteiger charge is 2.53. The smallest absolute Gasteiger partial charge is 0.271 e. The zero-order valence-electron chi connectivity index (χ0n) is 34.7. The van der Waals surface area contributed by atoms with Gasteiger partial charge in [-0.15, -0.1) is 0 Å². The summed E-state index contributed by atoms with van der Waals surface area (Å²) in [5.41, 5.74) is 2.56. The van der Waals surface area contributed by atoms with E-state index in [9.17, 15) is 4.39 Å².